The molecule has 0 saturated carbocycles. The molecule has 1 aliphatic heterocycles. The van der Waals surface area contributed by atoms with Gasteiger partial charge in [0.2, 0.25) is 0 Å². The van der Waals surface area contributed by atoms with Crippen LogP contribution in [-0.4, -0.2) is 40.6 Å². The summed E-state index contributed by atoms with van der Waals surface area (Å²) in [4.78, 5) is 18.8. The van der Waals surface area contributed by atoms with Gasteiger partial charge in [-0.15, -0.1) is 0 Å². The molecule has 1 aromatic carbocycles. The zero-order valence-corrected chi connectivity index (χ0v) is 15.8. The van der Waals surface area contributed by atoms with Crippen molar-refractivity contribution in [1.82, 2.24) is 9.88 Å². The largest absolute Gasteiger partial charge is 0.488 e. The summed E-state index contributed by atoms with van der Waals surface area (Å²) in [6.45, 7) is 4.84. The molecule has 1 saturated heterocycles. The van der Waals surface area contributed by atoms with Gasteiger partial charge < -0.3 is 14.4 Å². The van der Waals surface area contributed by atoms with E-state index in [0.29, 0.717) is 23.9 Å². The van der Waals surface area contributed by atoms with E-state index in [0.717, 1.165) is 18.6 Å². The van der Waals surface area contributed by atoms with Crippen LogP contribution in [0.4, 0.5) is 0 Å². The molecule has 1 unspecified atom stereocenters. The first-order valence-electron chi connectivity index (χ1n) is 8.75. The van der Waals surface area contributed by atoms with Gasteiger partial charge in [-0.2, -0.15) is 0 Å². The highest BCUT2D eigenvalue weighted by molar-refractivity contribution is 6.30. The Labute approximate surface area is 158 Å². The fourth-order valence-electron chi connectivity index (χ4n) is 3.05. The molecule has 0 aliphatic carbocycles. The summed E-state index contributed by atoms with van der Waals surface area (Å²) in [5.41, 5.74) is -0.966. The quantitative estimate of drug-likeness (QED) is 0.794. The van der Waals surface area contributed by atoms with Gasteiger partial charge >= 0.3 is 0 Å². The van der Waals surface area contributed by atoms with Crippen molar-refractivity contribution in [3.63, 3.8) is 0 Å². The van der Waals surface area contributed by atoms with E-state index in [1.165, 1.54) is 0 Å². The number of ether oxygens (including phenoxy) is 2. The molecule has 1 aliphatic rings. The lowest BCUT2D eigenvalue weighted by molar-refractivity contribution is -0.148. The topological polar surface area (TPSA) is 51.7 Å². The first-order chi connectivity index (χ1) is 12.4. The van der Waals surface area contributed by atoms with Crippen molar-refractivity contribution >= 4 is 17.5 Å². The Morgan fingerprint density at radius 2 is 1.85 bits per heavy atom. The second-order valence-electron chi connectivity index (χ2n) is 6.88. The Morgan fingerprint density at radius 1 is 1.15 bits per heavy atom. The van der Waals surface area contributed by atoms with Gasteiger partial charge in [-0.25, -0.2) is 0 Å². The molecule has 3 rings (SSSR count). The van der Waals surface area contributed by atoms with Gasteiger partial charge in [0, 0.05) is 24.0 Å². The predicted octanol–water partition coefficient (Wildman–Crippen LogP) is 3.96. The first kappa shape index (κ1) is 18.5. The maximum atomic E-state index is 13.0. The fraction of sp³-hybridized carbons (Fsp3) is 0.400. The SMILES string of the molecule is CC(C)(Oc1ccc(Cl)cc1)C(=O)N1CCCC(Oc2ccncc2)C1. The number of amides is 1. The number of aromatic nitrogens is 1. The molecular formula is C20H23ClN2O3. The minimum absolute atomic E-state index is 0.0265. The summed E-state index contributed by atoms with van der Waals surface area (Å²) in [5.74, 6) is 1.35. The number of carbonyl (C=O) groups excluding carboxylic acids is 1. The van der Waals surface area contributed by atoms with Crippen LogP contribution >= 0.6 is 11.6 Å². The third-order valence-electron chi connectivity index (χ3n) is 4.32. The Hall–Kier alpha value is -2.27. The predicted molar refractivity (Wildman–Crippen MR) is 101 cm³/mol. The summed E-state index contributed by atoms with van der Waals surface area (Å²) in [6.07, 6.45) is 5.19. The number of halogens is 1. The molecule has 0 radical (unpaired) electrons. The minimum atomic E-state index is -0.966. The Morgan fingerprint density at radius 3 is 2.54 bits per heavy atom. The monoisotopic (exact) mass is 374 g/mol. The molecule has 2 aromatic rings. The van der Waals surface area contributed by atoms with Crippen molar-refractivity contribution in [2.75, 3.05) is 13.1 Å². The van der Waals surface area contributed by atoms with Gasteiger partial charge in [-0.1, -0.05) is 11.6 Å². The lowest BCUT2D eigenvalue weighted by Gasteiger charge is -2.37. The summed E-state index contributed by atoms with van der Waals surface area (Å²) in [7, 11) is 0. The molecule has 1 atom stereocenters. The minimum Gasteiger partial charge on any atom is -0.488 e. The molecule has 1 amide bonds. The van der Waals surface area contributed by atoms with Gasteiger partial charge in [0.15, 0.2) is 5.60 Å². The number of nitrogens with zero attached hydrogens (tertiary/aromatic N) is 2. The number of rotatable bonds is 5. The smallest absolute Gasteiger partial charge is 0.266 e. The average Bonchev–Trinajstić information content (AvgIpc) is 2.64. The summed E-state index contributed by atoms with van der Waals surface area (Å²) < 4.78 is 11.9. The molecule has 0 N–H and O–H groups in total. The third-order valence-corrected chi connectivity index (χ3v) is 4.57. The summed E-state index contributed by atoms with van der Waals surface area (Å²) in [6, 6.07) is 10.7. The number of hydrogen-bond donors (Lipinski definition) is 0. The van der Waals surface area contributed by atoms with Crippen LogP contribution in [0.3, 0.4) is 0 Å². The molecule has 2 heterocycles. The number of pyridine rings is 1. The molecular weight excluding hydrogens is 352 g/mol. The van der Waals surface area contributed by atoms with Crippen molar-refractivity contribution in [2.24, 2.45) is 0 Å². The number of carbonyl (C=O) groups is 1. The molecule has 1 aromatic heterocycles. The van der Waals surface area contributed by atoms with Crippen LogP contribution in [0.1, 0.15) is 26.7 Å². The highest BCUT2D eigenvalue weighted by Gasteiger charge is 2.37. The van der Waals surface area contributed by atoms with E-state index in [-0.39, 0.29) is 12.0 Å². The van der Waals surface area contributed by atoms with Gasteiger partial charge in [0.25, 0.3) is 5.91 Å². The number of hydrogen-bond acceptors (Lipinski definition) is 4. The standard InChI is InChI=1S/C20H23ClN2O3/c1-20(2,26-17-7-5-15(21)6-8-17)19(24)23-13-3-4-18(14-23)25-16-9-11-22-12-10-16/h5-12,18H,3-4,13-14H2,1-2H3. The van der Waals surface area contributed by atoms with Crippen molar-refractivity contribution < 1.29 is 14.3 Å². The lowest BCUT2D eigenvalue weighted by atomic mass is 10.0. The van der Waals surface area contributed by atoms with E-state index in [1.807, 2.05) is 17.0 Å². The van der Waals surface area contributed by atoms with Crippen molar-refractivity contribution in [2.45, 2.75) is 38.4 Å². The molecule has 138 valence electrons. The van der Waals surface area contributed by atoms with Crippen molar-refractivity contribution in [3.05, 3.63) is 53.8 Å². The second-order valence-corrected chi connectivity index (χ2v) is 7.32. The molecule has 26 heavy (non-hydrogen) atoms. The molecule has 1 fully saturated rings. The van der Waals surface area contributed by atoms with Crippen molar-refractivity contribution in [3.8, 4) is 11.5 Å². The lowest BCUT2D eigenvalue weighted by Crippen LogP contribution is -2.53. The van der Waals surface area contributed by atoms with Gasteiger partial charge in [-0.3, -0.25) is 9.78 Å². The van der Waals surface area contributed by atoms with E-state index in [4.69, 9.17) is 21.1 Å². The van der Waals surface area contributed by atoms with Crippen LogP contribution in [0.15, 0.2) is 48.8 Å². The van der Waals surface area contributed by atoms with Gasteiger partial charge in [0.1, 0.15) is 17.6 Å². The number of likely N-dealkylation sites (tertiary alicyclic amines) is 1. The van der Waals surface area contributed by atoms with Crippen LogP contribution in [0.25, 0.3) is 0 Å². The highest BCUT2D eigenvalue weighted by Crippen LogP contribution is 2.25. The highest BCUT2D eigenvalue weighted by atomic mass is 35.5. The normalized spacial score (nSPS) is 17.7. The molecule has 0 spiro atoms. The van der Waals surface area contributed by atoms with E-state index in [9.17, 15) is 4.79 Å². The number of benzene rings is 1. The Balaban J connectivity index is 1.63. The van der Waals surface area contributed by atoms with Crippen LogP contribution in [-0.2, 0) is 4.79 Å². The van der Waals surface area contributed by atoms with Gasteiger partial charge in [0.05, 0.1) is 6.54 Å². The van der Waals surface area contributed by atoms with E-state index in [1.54, 1.807) is 50.5 Å². The maximum absolute atomic E-state index is 13.0. The number of piperidine rings is 1. The molecule has 6 heteroatoms. The first-order valence-corrected chi connectivity index (χ1v) is 9.12. The molecule has 5 nitrogen and oxygen atoms in total. The summed E-state index contributed by atoms with van der Waals surface area (Å²) >= 11 is 5.90. The third kappa shape index (κ3) is 4.67. The van der Waals surface area contributed by atoms with Crippen LogP contribution in [0.5, 0.6) is 11.5 Å². The molecule has 0 bridgehead atoms. The van der Waals surface area contributed by atoms with Crippen LogP contribution in [0, 0.1) is 0 Å². The fourth-order valence-corrected chi connectivity index (χ4v) is 3.18. The average molecular weight is 375 g/mol. The maximum Gasteiger partial charge on any atom is 0.266 e. The van der Waals surface area contributed by atoms with E-state index >= 15 is 0 Å². The van der Waals surface area contributed by atoms with Crippen LogP contribution < -0.4 is 9.47 Å². The van der Waals surface area contributed by atoms with Crippen molar-refractivity contribution in [1.29, 1.82) is 0 Å². The van der Waals surface area contributed by atoms with Crippen LogP contribution in [0.2, 0.25) is 5.02 Å². The Kier molecular flexibility index (Phi) is 5.67. The summed E-state index contributed by atoms with van der Waals surface area (Å²) in [5, 5.41) is 0.633. The van der Waals surface area contributed by atoms with E-state index in [2.05, 4.69) is 4.98 Å². The van der Waals surface area contributed by atoms with E-state index < -0.39 is 5.60 Å². The zero-order chi connectivity index (χ0) is 18.6. The zero-order valence-electron chi connectivity index (χ0n) is 15.0. The van der Waals surface area contributed by atoms with Gasteiger partial charge in [-0.05, 0) is 63.1 Å². The second kappa shape index (κ2) is 7.96. The Bertz CT molecular complexity index is 734.